The monoisotopic (exact) mass is 330 g/mol. The summed E-state index contributed by atoms with van der Waals surface area (Å²) in [5, 5.41) is 10.1. The molecule has 0 fully saturated rings. The molecule has 0 atom stereocenters. The predicted octanol–water partition coefficient (Wildman–Crippen LogP) is 4.37. The maximum atomic E-state index is 10.3. The molecule has 138 valence electrons. The van der Waals surface area contributed by atoms with Gasteiger partial charge in [0, 0.05) is 27.4 Å². The molecule has 5 heteroatoms. The number of carboxylic acid groups (broad SMARTS) is 1. The van der Waals surface area contributed by atoms with Crippen LogP contribution in [-0.2, 0) is 9.59 Å². The van der Waals surface area contributed by atoms with Crippen molar-refractivity contribution in [2.75, 3.05) is 14.1 Å². The summed E-state index contributed by atoms with van der Waals surface area (Å²) in [6.45, 7) is 3.72. The van der Waals surface area contributed by atoms with Crippen LogP contribution in [0.25, 0.3) is 0 Å². The maximum absolute atomic E-state index is 10.3. The van der Waals surface area contributed by atoms with Crippen LogP contribution in [0.1, 0.15) is 90.9 Å². The van der Waals surface area contributed by atoms with Gasteiger partial charge in [-0.25, -0.2) is 5.01 Å². The number of hydrazine groups is 1. The molecule has 0 aliphatic rings. The first-order valence-corrected chi connectivity index (χ1v) is 9.06. The Labute approximate surface area is 142 Å². The summed E-state index contributed by atoms with van der Waals surface area (Å²) in [5.41, 5.74) is 2.50. The van der Waals surface area contributed by atoms with Crippen molar-refractivity contribution >= 4 is 11.9 Å². The van der Waals surface area contributed by atoms with Gasteiger partial charge in [0.2, 0.25) is 5.91 Å². The smallest absolute Gasteiger partial charge is 0.303 e. The van der Waals surface area contributed by atoms with E-state index in [-0.39, 0.29) is 5.91 Å². The second kappa shape index (κ2) is 18.9. The van der Waals surface area contributed by atoms with E-state index >= 15 is 0 Å². The van der Waals surface area contributed by atoms with E-state index in [1.807, 2.05) is 0 Å². The van der Waals surface area contributed by atoms with Crippen molar-refractivity contribution in [3.8, 4) is 0 Å². The molecule has 5 nitrogen and oxygen atoms in total. The van der Waals surface area contributed by atoms with Gasteiger partial charge in [-0.1, -0.05) is 71.1 Å². The third-order valence-corrected chi connectivity index (χ3v) is 3.38. The van der Waals surface area contributed by atoms with Gasteiger partial charge in [-0.3, -0.25) is 15.0 Å². The zero-order valence-corrected chi connectivity index (χ0v) is 15.7. The lowest BCUT2D eigenvalue weighted by Crippen LogP contribution is -2.34. The largest absolute Gasteiger partial charge is 0.481 e. The summed E-state index contributed by atoms with van der Waals surface area (Å²) in [6, 6.07) is 0. The van der Waals surface area contributed by atoms with Crippen LogP contribution in [0.4, 0.5) is 0 Å². The van der Waals surface area contributed by atoms with Crippen LogP contribution in [0.3, 0.4) is 0 Å². The number of amides is 1. The number of rotatable bonds is 13. The number of nitrogens with zero attached hydrogens (tertiary/aromatic N) is 1. The maximum Gasteiger partial charge on any atom is 0.303 e. The van der Waals surface area contributed by atoms with Crippen molar-refractivity contribution in [2.45, 2.75) is 90.9 Å². The fourth-order valence-electron chi connectivity index (χ4n) is 2.26. The Hall–Kier alpha value is -1.10. The zero-order valence-electron chi connectivity index (χ0n) is 15.7. The van der Waals surface area contributed by atoms with Gasteiger partial charge in [0.1, 0.15) is 0 Å². The lowest BCUT2D eigenvalue weighted by molar-refractivity contribution is -0.137. The van der Waals surface area contributed by atoms with Gasteiger partial charge in [-0.05, 0) is 6.42 Å². The number of carbonyl (C=O) groups excluding carboxylic acids is 1. The molecule has 0 aromatic carbocycles. The lowest BCUT2D eigenvalue weighted by Gasteiger charge is -2.07. The Balaban J connectivity index is 0. The molecule has 2 N–H and O–H groups in total. The molecule has 0 radical (unpaired) electrons. The first kappa shape index (κ1) is 24.2. The van der Waals surface area contributed by atoms with Crippen molar-refractivity contribution in [1.29, 1.82) is 0 Å². The van der Waals surface area contributed by atoms with Crippen molar-refractivity contribution in [2.24, 2.45) is 0 Å². The number of nitrogens with one attached hydrogen (secondary N) is 1. The molecule has 0 aliphatic heterocycles. The Bertz CT molecular complexity index is 281. The number of carbonyl (C=O) groups is 2. The van der Waals surface area contributed by atoms with Gasteiger partial charge in [-0.15, -0.1) is 0 Å². The quantitative estimate of drug-likeness (QED) is 0.388. The Morgan fingerprint density at radius 1 is 0.826 bits per heavy atom. The first-order chi connectivity index (χ1) is 10.9. The minimum absolute atomic E-state index is 0.0370. The van der Waals surface area contributed by atoms with Gasteiger partial charge < -0.3 is 5.11 Å². The molecule has 0 spiro atoms. The van der Waals surface area contributed by atoms with E-state index in [9.17, 15) is 9.59 Å². The highest BCUT2D eigenvalue weighted by molar-refractivity contribution is 5.72. The molecular weight excluding hydrogens is 292 g/mol. The topological polar surface area (TPSA) is 69.6 Å². The molecule has 0 aliphatic carbocycles. The summed E-state index contributed by atoms with van der Waals surface area (Å²) < 4.78 is 0. The number of hydrogen-bond donors (Lipinski definition) is 2. The van der Waals surface area contributed by atoms with E-state index in [2.05, 4.69) is 12.3 Å². The van der Waals surface area contributed by atoms with Crippen molar-refractivity contribution in [3.63, 3.8) is 0 Å². The minimum atomic E-state index is -0.657. The predicted molar refractivity (Wildman–Crippen MR) is 96.2 cm³/mol. The van der Waals surface area contributed by atoms with Crippen LogP contribution in [0.15, 0.2) is 0 Å². The molecule has 0 bridgehead atoms. The highest BCUT2D eigenvalue weighted by Crippen LogP contribution is 2.11. The Morgan fingerprint density at radius 3 is 1.48 bits per heavy atom. The summed E-state index contributed by atoms with van der Waals surface area (Å²) in [4.78, 5) is 20.4. The molecule has 0 aromatic heterocycles. The molecule has 0 aromatic rings. The van der Waals surface area contributed by atoms with Crippen LogP contribution < -0.4 is 5.43 Å². The third-order valence-electron chi connectivity index (χ3n) is 3.38. The average molecular weight is 331 g/mol. The molecule has 0 heterocycles. The van der Waals surface area contributed by atoms with E-state index in [4.69, 9.17) is 5.11 Å². The Morgan fingerprint density at radius 2 is 1.22 bits per heavy atom. The van der Waals surface area contributed by atoms with Crippen LogP contribution in [-0.4, -0.2) is 36.1 Å². The van der Waals surface area contributed by atoms with Crippen molar-refractivity contribution < 1.29 is 14.7 Å². The van der Waals surface area contributed by atoms with Crippen molar-refractivity contribution in [1.82, 2.24) is 10.4 Å². The average Bonchev–Trinajstić information content (AvgIpc) is 2.43. The van der Waals surface area contributed by atoms with E-state index in [1.54, 1.807) is 19.1 Å². The zero-order chi connectivity index (χ0) is 17.9. The summed E-state index contributed by atoms with van der Waals surface area (Å²) >= 11 is 0. The van der Waals surface area contributed by atoms with Gasteiger partial charge in [0.05, 0.1) is 0 Å². The van der Waals surface area contributed by atoms with Gasteiger partial charge >= 0.3 is 5.97 Å². The fourth-order valence-corrected chi connectivity index (χ4v) is 2.26. The molecule has 1 amide bonds. The van der Waals surface area contributed by atoms with E-state index in [0.717, 1.165) is 12.8 Å². The fraction of sp³-hybridized carbons (Fsp3) is 0.889. The molecule has 23 heavy (non-hydrogen) atoms. The van der Waals surface area contributed by atoms with Gasteiger partial charge in [0.15, 0.2) is 0 Å². The molecule has 0 rings (SSSR count). The van der Waals surface area contributed by atoms with Gasteiger partial charge in [0.25, 0.3) is 0 Å². The number of carboxylic acids is 1. The number of unbranched alkanes of at least 4 members (excludes halogenated alkanes) is 10. The van der Waals surface area contributed by atoms with Crippen molar-refractivity contribution in [3.05, 3.63) is 0 Å². The standard InChI is InChI=1S/C14H28O2.C4H10N2O/c1-2-3-4-5-6-7-8-9-10-11-12-13-14(15)16;1-4(7)5-6(2)3/h2-13H2,1H3,(H,15,16);1-3H3,(H,5,7). The highest BCUT2D eigenvalue weighted by Gasteiger charge is 1.96. The summed E-state index contributed by atoms with van der Waals surface area (Å²) in [7, 11) is 3.53. The van der Waals surface area contributed by atoms with E-state index < -0.39 is 5.97 Å². The second-order valence-electron chi connectivity index (χ2n) is 6.24. The highest BCUT2D eigenvalue weighted by atomic mass is 16.4. The van der Waals surface area contributed by atoms with Crippen LogP contribution in [0, 0.1) is 0 Å². The van der Waals surface area contributed by atoms with Crippen LogP contribution in [0.5, 0.6) is 0 Å². The van der Waals surface area contributed by atoms with E-state index in [1.165, 1.54) is 64.7 Å². The van der Waals surface area contributed by atoms with E-state index in [0.29, 0.717) is 6.42 Å². The molecule has 0 unspecified atom stereocenters. The van der Waals surface area contributed by atoms with Gasteiger partial charge in [-0.2, -0.15) is 0 Å². The normalized spacial score (nSPS) is 10.1. The molecule has 0 saturated heterocycles. The summed E-state index contributed by atoms with van der Waals surface area (Å²) in [5.74, 6) is -0.694. The second-order valence-corrected chi connectivity index (χ2v) is 6.24. The minimum Gasteiger partial charge on any atom is -0.481 e. The number of aliphatic carboxylic acids is 1. The summed E-state index contributed by atoms with van der Waals surface area (Å²) in [6.07, 6.45) is 14.4. The first-order valence-electron chi connectivity index (χ1n) is 9.06. The third kappa shape index (κ3) is 29.5. The van der Waals surface area contributed by atoms with Crippen LogP contribution in [0.2, 0.25) is 0 Å². The lowest BCUT2D eigenvalue weighted by atomic mass is 10.1. The Kier molecular flexibility index (Phi) is 19.9. The number of hydrogen-bond acceptors (Lipinski definition) is 3. The van der Waals surface area contributed by atoms with Crippen LogP contribution >= 0.6 is 0 Å². The molecular formula is C18H38N2O3. The SMILES string of the molecule is CC(=O)NN(C)C.CCCCCCCCCCCCCC(=O)O. The molecule has 0 saturated carbocycles.